The van der Waals surface area contributed by atoms with Crippen LogP contribution in [0, 0.1) is 0 Å². The molecule has 0 aromatic rings. The van der Waals surface area contributed by atoms with E-state index in [-0.39, 0.29) is 24.7 Å². The van der Waals surface area contributed by atoms with Crippen LogP contribution in [-0.4, -0.2) is 83.0 Å². The molecule has 0 saturated carbocycles. The fourth-order valence-electron chi connectivity index (χ4n) is 2.83. The zero-order valence-electron chi connectivity index (χ0n) is 23.1. The highest BCUT2D eigenvalue weighted by Gasteiger charge is 2.41. The molecule has 9 nitrogen and oxygen atoms in total. The molecule has 0 rings (SSSR count). The summed E-state index contributed by atoms with van der Waals surface area (Å²) in [4.78, 5) is 24.7. The van der Waals surface area contributed by atoms with Crippen LogP contribution in [-0.2, 0) is 37.7 Å². The van der Waals surface area contributed by atoms with Crippen LogP contribution in [0.2, 0.25) is 18.1 Å². The second kappa shape index (κ2) is 16.4. The minimum absolute atomic E-state index is 0.0275. The molecule has 0 spiro atoms. The molecule has 0 fully saturated rings. The Balaban J connectivity index is 5.06. The monoisotopic (exact) mass is 520 g/mol. The summed E-state index contributed by atoms with van der Waals surface area (Å²) in [6.07, 6.45) is -1.10. The van der Waals surface area contributed by atoms with Crippen LogP contribution in [0.5, 0.6) is 0 Å². The summed E-state index contributed by atoms with van der Waals surface area (Å²) in [6.45, 7) is 20.2. The number of methoxy groups -OCH3 is 1. The molecule has 0 aromatic heterocycles. The van der Waals surface area contributed by atoms with E-state index in [9.17, 15) is 14.7 Å². The number of carbonyl (C=O) groups is 2. The number of aliphatic hydroxyl groups excluding tert-OH is 1. The Hall–Kier alpha value is -1.30. The van der Waals surface area contributed by atoms with E-state index in [0.717, 1.165) is 0 Å². The van der Waals surface area contributed by atoms with Crippen LogP contribution in [0.25, 0.3) is 0 Å². The van der Waals surface area contributed by atoms with E-state index in [1.807, 2.05) is 0 Å². The second-order valence-corrected chi connectivity index (χ2v) is 15.0. The quantitative estimate of drug-likeness (QED) is 0.0943. The van der Waals surface area contributed by atoms with Crippen LogP contribution >= 0.6 is 0 Å². The van der Waals surface area contributed by atoms with Crippen molar-refractivity contribution in [3.8, 4) is 0 Å². The zero-order valence-corrected chi connectivity index (χ0v) is 24.1. The van der Waals surface area contributed by atoms with E-state index in [1.165, 1.54) is 6.92 Å². The Kier molecular flexibility index (Phi) is 15.8. The van der Waals surface area contributed by atoms with Gasteiger partial charge in [-0.05, 0) is 45.3 Å². The molecular weight excluding hydrogens is 472 g/mol. The lowest BCUT2D eigenvalue weighted by Crippen LogP contribution is -2.47. The molecule has 0 aromatic carbocycles. The third-order valence-corrected chi connectivity index (χ3v) is 10.5. The van der Waals surface area contributed by atoms with E-state index in [2.05, 4.69) is 40.4 Å². The summed E-state index contributed by atoms with van der Waals surface area (Å²) in [6, 6.07) is 0. The lowest BCUT2D eigenvalue weighted by Gasteiger charge is -2.40. The molecule has 10 heteroatoms. The average Bonchev–Trinajstić information content (AvgIpc) is 2.71. The Morgan fingerprint density at radius 2 is 1.63 bits per heavy atom. The molecule has 0 aliphatic heterocycles. The van der Waals surface area contributed by atoms with Crippen molar-refractivity contribution in [2.24, 2.45) is 0 Å². The van der Waals surface area contributed by atoms with Crippen LogP contribution in [0.3, 0.4) is 0 Å². The second-order valence-electron chi connectivity index (χ2n) is 10.3. The summed E-state index contributed by atoms with van der Waals surface area (Å²) in [7, 11) is -0.631. The van der Waals surface area contributed by atoms with Gasteiger partial charge in [0.05, 0.1) is 31.8 Å². The largest absolute Gasteiger partial charge is 0.460 e. The van der Waals surface area contributed by atoms with Gasteiger partial charge >= 0.3 is 11.9 Å². The van der Waals surface area contributed by atoms with Crippen molar-refractivity contribution < 1.29 is 42.8 Å². The topological polar surface area (TPSA) is 110 Å². The standard InChI is InChI=1S/C25H48O9Si/c1-11-21(31-17-30-15-14-29-8)19(3)32-23(27)13-12-22(34-35(9,10)25(5,6)7)20(4)33-24(28)16-18(2)26/h11,18-22,26H,1,12-17H2,2-10H3/t18?,19?,20-,21?,22?/m0/s1. The molecule has 5 atom stereocenters. The molecule has 0 radical (unpaired) electrons. The summed E-state index contributed by atoms with van der Waals surface area (Å²) in [5, 5.41) is 9.40. The highest BCUT2D eigenvalue weighted by Crippen LogP contribution is 2.38. The van der Waals surface area contributed by atoms with Crippen LogP contribution in [0.15, 0.2) is 12.7 Å². The lowest BCUT2D eigenvalue weighted by atomic mass is 10.1. The lowest BCUT2D eigenvalue weighted by molar-refractivity contribution is -0.162. The van der Waals surface area contributed by atoms with Crippen molar-refractivity contribution in [3.63, 3.8) is 0 Å². The first-order valence-corrected chi connectivity index (χ1v) is 15.1. The number of rotatable bonds is 18. The summed E-state index contributed by atoms with van der Waals surface area (Å²) in [5.41, 5.74) is 0. The van der Waals surface area contributed by atoms with Crippen molar-refractivity contribution in [1.29, 1.82) is 0 Å². The maximum atomic E-state index is 12.6. The van der Waals surface area contributed by atoms with Gasteiger partial charge in [-0.2, -0.15) is 0 Å². The Bertz CT molecular complexity index is 631. The van der Waals surface area contributed by atoms with Crippen molar-refractivity contribution in [3.05, 3.63) is 12.7 Å². The molecule has 0 amide bonds. The molecule has 0 aliphatic rings. The van der Waals surface area contributed by atoms with Crippen molar-refractivity contribution in [2.75, 3.05) is 27.1 Å². The first-order chi connectivity index (χ1) is 16.1. The fraction of sp³-hybridized carbons (Fsp3) is 0.840. The number of aliphatic hydroxyl groups is 1. The van der Waals surface area contributed by atoms with E-state index < -0.39 is 50.8 Å². The van der Waals surface area contributed by atoms with Crippen LogP contribution in [0.1, 0.15) is 60.8 Å². The molecular formula is C25H48O9Si. The maximum absolute atomic E-state index is 12.6. The molecule has 1 N–H and O–H groups in total. The van der Waals surface area contributed by atoms with Crippen molar-refractivity contribution >= 4 is 20.3 Å². The van der Waals surface area contributed by atoms with Crippen molar-refractivity contribution in [2.45, 2.75) is 109 Å². The minimum atomic E-state index is -2.22. The number of hydrogen-bond donors (Lipinski definition) is 1. The normalized spacial score (nSPS) is 16.6. The highest BCUT2D eigenvalue weighted by atomic mass is 28.4. The number of ether oxygens (including phenoxy) is 5. The Labute approximate surface area is 212 Å². The van der Waals surface area contributed by atoms with Gasteiger partial charge in [0, 0.05) is 13.5 Å². The Morgan fingerprint density at radius 3 is 2.14 bits per heavy atom. The van der Waals surface area contributed by atoms with E-state index in [4.69, 9.17) is 28.1 Å². The SMILES string of the molecule is C=CC(OCOCCOC)C(C)OC(=O)CCC(O[Si](C)(C)C(C)(C)C)[C@H](C)OC(=O)CC(C)O. The summed E-state index contributed by atoms with van der Waals surface area (Å²) in [5.74, 6) is -0.925. The Morgan fingerprint density at radius 1 is 1.03 bits per heavy atom. The molecule has 0 aliphatic carbocycles. The first kappa shape index (κ1) is 33.7. The molecule has 35 heavy (non-hydrogen) atoms. The highest BCUT2D eigenvalue weighted by molar-refractivity contribution is 6.74. The van der Waals surface area contributed by atoms with Gasteiger partial charge in [-0.25, -0.2) is 0 Å². The first-order valence-electron chi connectivity index (χ1n) is 12.2. The van der Waals surface area contributed by atoms with E-state index >= 15 is 0 Å². The number of carbonyl (C=O) groups excluding carboxylic acids is 2. The predicted octanol–water partition coefficient (Wildman–Crippen LogP) is 3.98. The van der Waals surface area contributed by atoms with Gasteiger partial charge in [-0.15, -0.1) is 6.58 Å². The van der Waals surface area contributed by atoms with Gasteiger partial charge in [0.1, 0.15) is 25.1 Å². The zero-order chi connectivity index (χ0) is 27.2. The third-order valence-electron chi connectivity index (χ3n) is 5.98. The van der Waals surface area contributed by atoms with Crippen LogP contribution < -0.4 is 0 Å². The van der Waals surface area contributed by atoms with Gasteiger partial charge in [-0.3, -0.25) is 9.59 Å². The smallest absolute Gasteiger partial charge is 0.308 e. The van der Waals surface area contributed by atoms with Gasteiger partial charge < -0.3 is 33.2 Å². The average molecular weight is 521 g/mol. The van der Waals surface area contributed by atoms with Gasteiger partial charge in [-0.1, -0.05) is 26.8 Å². The van der Waals surface area contributed by atoms with Crippen molar-refractivity contribution in [1.82, 2.24) is 0 Å². The summed E-state index contributed by atoms with van der Waals surface area (Å²) < 4.78 is 33.3. The maximum Gasteiger partial charge on any atom is 0.308 e. The molecule has 0 saturated heterocycles. The predicted molar refractivity (Wildman–Crippen MR) is 136 cm³/mol. The minimum Gasteiger partial charge on any atom is -0.460 e. The van der Waals surface area contributed by atoms with Crippen LogP contribution in [0.4, 0.5) is 0 Å². The van der Waals surface area contributed by atoms with Gasteiger partial charge in [0.25, 0.3) is 0 Å². The third kappa shape index (κ3) is 14.1. The molecule has 4 unspecified atom stereocenters. The van der Waals surface area contributed by atoms with E-state index in [0.29, 0.717) is 19.6 Å². The van der Waals surface area contributed by atoms with E-state index in [1.54, 1.807) is 27.0 Å². The molecule has 0 heterocycles. The van der Waals surface area contributed by atoms with Gasteiger partial charge in [0.15, 0.2) is 8.32 Å². The summed E-state index contributed by atoms with van der Waals surface area (Å²) >= 11 is 0. The van der Waals surface area contributed by atoms with Gasteiger partial charge in [0.2, 0.25) is 0 Å². The molecule has 206 valence electrons. The fourth-order valence-corrected chi connectivity index (χ4v) is 4.25. The molecule has 0 bridgehead atoms. The number of esters is 2. The number of hydrogen-bond acceptors (Lipinski definition) is 9.